The molecule has 0 radical (unpaired) electrons. The van der Waals surface area contributed by atoms with Crippen LogP contribution in [-0.2, 0) is 19.6 Å². The fraction of sp³-hybridized carbons (Fsp3) is 0.917. The van der Waals surface area contributed by atoms with Gasteiger partial charge in [0.15, 0.2) is 6.10 Å². The maximum absolute atomic E-state index is 11.4. The molecule has 0 aromatic carbocycles. The molecule has 0 amide bonds. The molecule has 8 heteroatoms. The van der Waals surface area contributed by atoms with E-state index in [0.29, 0.717) is 32.6 Å². The lowest BCUT2D eigenvalue weighted by Crippen LogP contribution is -2.34. The maximum Gasteiger partial charge on any atom is 0.332 e. The largest absolute Gasteiger partial charge is 0.479 e. The van der Waals surface area contributed by atoms with Crippen molar-refractivity contribution in [1.29, 1.82) is 0 Å². The minimum atomic E-state index is -3.12. The Kier molecular flexibility index (Phi) is 6.87. The summed E-state index contributed by atoms with van der Waals surface area (Å²) in [6, 6.07) is 0. The molecule has 0 spiro atoms. The fourth-order valence-corrected chi connectivity index (χ4v) is 3.17. The van der Waals surface area contributed by atoms with Gasteiger partial charge in [0.05, 0.1) is 12.4 Å². The Labute approximate surface area is 120 Å². The van der Waals surface area contributed by atoms with E-state index in [1.165, 1.54) is 10.6 Å². The van der Waals surface area contributed by atoms with Crippen molar-refractivity contribution in [3.05, 3.63) is 0 Å². The zero-order chi connectivity index (χ0) is 15.2. The molecule has 1 rings (SSSR count). The van der Waals surface area contributed by atoms with Crippen molar-refractivity contribution < 1.29 is 23.1 Å². The predicted molar refractivity (Wildman–Crippen MR) is 75.1 cm³/mol. The molecule has 20 heavy (non-hydrogen) atoms. The lowest BCUT2D eigenvalue weighted by Gasteiger charge is -2.18. The van der Waals surface area contributed by atoms with E-state index in [1.54, 1.807) is 0 Å². The van der Waals surface area contributed by atoms with Crippen LogP contribution in [0.15, 0.2) is 0 Å². The van der Waals surface area contributed by atoms with Crippen LogP contribution >= 0.6 is 0 Å². The zero-order valence-electron chi connectivity index (χ0n) is 12.0. The highest BCUT2D eigenvalue weighted by molar-refractivity contribution is 7.88. The lowest BCUT2D eigenvalue weighted by molar-refractivity contribution is -0.149. The van der Waals surface area contributed by atoms with Gasteiger partial charge in [0.1, 0.15) is 0 Å². The SMILES string of the molecule is CCN(CCCNCC1CCC(C(=O)O)O1)S(C)(=O)=O. The number of hydrogen-bond acceptors (Lipinski definition) is 5. The summed E-state index contributed by atoms with van der Waals surface area (Å²) in [5, 5.41) is 12.0. The molecule has 2 N–H and O–H groups in total. The van der Waals surface area contributed by atoms with Gasteiger partial charge in [-0.2, -0.15) is 0 Å². The molecule has 118 valence electrons. The summed E-state index contributed by atoms with van der Waals surface area (Å²) in [6.07, 6.45) is 2.49. The van der Waals surface area contributed by atoms with Crippen LogP contribution in [-0.4, -0.2) is 68.4 Å². The predicted octanol–water partition coefficient (Wildman–Crippen LogP) is -0.120. The Hall–Kier alpha value is -0.700. The zero-order valence-corrected chi connectivity index (χ0v) is 12.9. The van der Waals surface area contributed by atoms with Crippen molar-refractivity contribution in [3.63, 3.8) is 0 Å². The van der Waals surface area contributed by atoms with Crippen molar-refractivity contribution in [2.45, 2.75) is 38.4 Å². The first-order valence-corrected chi connectivity index (χ1v) is 8.73. The van der Waals surface area contributed by atoms with Crippen molar-refractivity contribution in [1.82, 2.24) is 9.62 Å². The molecule has 1 fully saturated rings. The molecule has 2 unspecified atom stereocenters. The molecular weight excluding hydrogens is 284 g/mol. The van der Waals surface area contributed by atoms with E-state index < -0.39 is 22.1 Å². The minimum absolute atomic E-state index is 0.0618. The quantitative estimate of drug-likeness (QED) is 0.577. The van der Waals surface area contributed by atoms with Gasteiger partial charge in [0, 0.05) is 19.6 Å². The normalized spacial score (nSPS) is 23.4. The lowest BCUT2D eigenvalue weighted by atomic mass is 10.2. The average molecular weight is 308 g/mol. The summed E-state index contributed by atoms with van der Waals surface area (Å²) in [4.78, 5) is 10.7. The number of ether oxygens (including phenoxy) is 1. The summed E-state index contributed by atoms with van der Waals surface area (Å²) >= 11 is 0. The molecule has 1 heterocycles. The topological polar surface area (TPSA) is 95.9 Å². The third kappa shape index (κ3) is 5.74. The number of sulfonamides is 1. The van der Waals surface area contributed by atoms with Gasteiger partial charge in [-0.3, -0.25) is 0 Å². The van der Waals surface area contributed by atoms with Gasteiger partial charge in [-0.1, -0.05) is 6.92 Å². The smallest absolute Gasteiger partial charge is 0.332 e. The van der Waals surface area contributed by atoms with Crippen LogP contribution in [0.2, 0.25) is 0 Å². The Morgan fingerprint density at radius 2 is 2.15 bits per heavy atom. The van der Waals surface area contributed by atoms with Crippen LogP contribution in [0.3, 0.4) is 0 Å². The number of nitrogens with zero attached hydrogens (tertiary/aromatic N) is 1. The maximum atomic E-state index is 11.4. The Bertz CT molecular complexity index is 412. The standard InChI is InChI=1S/C12H24N2O5S/c1-3-14(20(2,17)18)8-4-7-13-9-10-5-6-11(19-10)12(15)16/h10-11,13H,3-9H2,1-2H3,(H,15,16). The fourth-order valence-electron chi connectivity index (χ4n) is 2.24. The van der Waals surface area contributed by atoms with Gasteiger partial charge in [0.25, 0.3) is 0 Å². The first-order chi connectivity index (χ1) is 9.34. The molecule has 0 aromatic rings. The van der Waals surface area contributed by atoms with E-state index in [1.807, 2.05) is 6.92 Å². The molecule has 0 aromatic heterocycles. The monoisotopic (exact) mass is 308 g/mol. The summed E-state index contributed by atoms with van der Waals surface area (Å²) < 4.78 is 29.5. The molecule has 2 atom stereocenters. The van der Waals surface area contributed by atoms with E-state index in [0.717, 1.165) is 12.8 Å². The Morgan fingerprint density at radius 3 is 2.65 bits per heavy atom. The highest BCUT2D eigenvalue weighted by Crippen LogP contribution is 2.19. The summed E-state index contributed by atoms with van der Waals surface area (Å²) in [5.41, 5.74) is 0. The van der Waals surface area contributed by atoms with E-state index >= 15 is 0 Å². The van der Waals surface area contributed by atoms with Crippen molar-refractivity contribution in [2.75, 3.05) is 32.4 Å². The number of hydrogen-bond donors (Lipinski definition) is 2. The molecule has 7 nitrogen and oxygen atoms in total. The summed E-state index contributed by atoms with van der Waals surface area (Å²) in [7, 11) is -3.12. The van der Waals surface area contributed by atoms with Crippen LogP contribution in [0, 0.1) is 0 Å². The number of carbonyl (C=O) groups is 1. The van der Waals surface area contributed by atoms with Crippen LogP contribution in [0.25, 0.3) is 0 Å². The summed E-state index contributed by atoms with van der Waals surface area (Å²) in [6.45, 7) is 4.07. The van der Waals surface area contributed by atoms with E-state index in [9.17, 15) is 13.2 Å². The minimum Gasteiger partial charge on any atom is -0.479 e. The first-order valence-electron chi connectivity index (χ1n) is 6.88. The van der Waals surface area contributed by atoms with Gasteiger partial charge in [-0.25, -0.2) is 17.5 Å². The molecular formula is C12H24N2O5S. The van der Waals surface area contributed by atoms with Crippen LogP contribution in [0.4, 0.5) is 0 Å². The molecule has 1 saturated heterocycles. The number of aliphatic carboxylic acids is 1. The average Bonchev–Trinajstić information content (AvgIpc) is 2.81. The van der Waals surface area contributed by atoms with E-state index in [4.69, 9.17) is 9.84 Å². The number of carboxylic acid groups (broad SMARTS) is 1. The highest BCUT2D eigenvalue weighted by Gasteiger charge is 2.29. The van der Waals surface area contributed by atoms with Crippen LogP contribution < -0.4 is 5.32 Å². The van der Waals surface area contributed by atoms with Gasteiger partial charge in [0.2, 0.25) is 10.0 Å². The van der Waals surface area contributed by atoms with Crippen LogP contribution in [0.5, 0.6) is 0 Å². The van der Waals surface area contributed by atoms with Crippen molar-refractivity contribution >= 4 is 16.0 Å². The van der Waals surface area contributed by atoms with E-state index in [-0.39, 0.29) is 6.10 Å². The second kappa shape index (κ2) is 7.92. The molecule has 1 aliphatic heterocycles. The second-order valence-corrected chi connectivity index (χ2v) is 6.96. The van der Waals surface area contributed by atoms with Gasteiger partial charge >= 0.3 is 5.97 Å². The summed E-state index contributed by atoms with van der Waals surface area (Å²) in [5.74, 6) is -0.903. The van der Waals surface area contributed by atoms with Crippen molar-refractivity contribution in [3.8, 4) is 0 Å². The molecule has 0 bridgehead atoms. The number of carboxylic acids is 1. The second-order valence-electron chi connectivity index (χ2n) is 4.97. The van der Waals surface area contributed by atoms with E-state index in [2.05, 4.69) is 5.32 Å². The van der Waals surface area contributed by atoms with Crippen LogP contribution in [0.1, 0.15) is 26.2 Å². The first kappa shape index (κ1) is 17.4. The highest BCUT2D eigenvalue weighted by atomic mass is 32.2. The number of rotatable bonds is 9. The molecule has 0 saturated carbocycles. The Balaban J connectivity index is 2.13. The molecule has 0 aliphatic carbocycles. The Morgan fingerprint density at radius 1 is 1.45 bits per heavy atom. The van der Waals surface area contributed by atoms with Gasteiger partial charge < -0.3 is 15.2 Å². The third-order valence-electron chi connectivity index (χ3n) is 3.34. The van der Waals surface area contributed by atoms with Gasteiger partial charge in [-0.15, -0.1) is 0 Å². The van der Waals surface area contributed by atoms with Gasteiger partial charge in [-0.05, 0) is 25.8 Å². The molecule has 1 aliphatic rings. The van der Waals surface area contributed by atoms with Crippen molar-refractivity contribution in [2.24, 2.45) is 0 Å². The third-order valence-corrected chi connectivity index (χ3v) is 4.72. The number of nitrogens with one attached hydrogen (secondary N) is 1.